The van der Waals surface area contributed by atoms with Gasteiger partial charge in [0.05, 0.1) is 35.5 Å². The van der Waals surface area contributed by atoms with Gasteiger partial charge in [-0.1, -0.05) is 38.1 Å². The molecule has 10 heteroatoms. The van der Waals surface area contributed by atoms with E-state index in [2.05, 4.69) is 11.8 Å². The number of rotatable bonds is 2. The third-order valence-corrected chi connectivity index (χ3v) is 8.57. The number of carboxylic acid groups (broad SMARTS) is 1. The molecule has 0 amide bonds. The van der Waals surface area contributed by atoms with E-state index in [0.29, 0.717) is 58.3 Å². The number of fused-ring (bicyclic) bond motifs is 8. The molecule has 0 aliphatic carbocycles. The molecular weight excluding hydrogens is 623 g/mol. The summed E-state index contributed by atoms with van der Waals surface area (Å²) in [6, 6.07) is 13.2. The quantitative estimate of drug-likeness (QED) is 0.219. The fourth-order valence-electron chi connectivity index (χ4n) is 6.06. The Balaban J connectivity index is 0.000000710. The fraction of sp³-hybridized carbons (Fsp3) is 0.513. The highest BCUT2D eigenvalue weighted by molar-refractivity contribution is 5.78. The summed E-state index contributed by atoms with van der Waals surface area (Å²) in [7, 11) is 0. The smallest absolute Gasteiger partial charge is 0.308 e. The molecule has 0 atom stereocenters. The molecule has 3 aliphatic rings. The summed E-state index contributed by atoms with van der Waals surface area (Å²) in [4.78, 5) is 18.9. The van der Waals surface area contributed by atoms with Crippen molar-refractivity contribution in [1.82, 2.24) is 14.6 Å². The summed E-state index contributed by atoms with van der Waals surface area (Å²) >= 11 is 0. The molecule has 49 heavy (non-hydrogen) atoms. The second-order valence-corrected chi connectivity index (χ2v) is 13.9. The van der Waals surface area contributed by atoms with E-state index >= 15 is 4.39 Å². The van der Waals surface area contributed by atoms with Crippen LogP contribution in [0.4, 0.5) is 10.2 Å². The van der Waals surface area contributed by atoms with Crippen molar-refractivity contribution in [3.05, 3.63) is 65.1 Å². The van der Waals surface area contributed by atoms with Crippen LogP contribution in [0.15, 0.2) is 42.5 Å². The lowest BCUT2D eigenvalue weighted by Crippen LogP contribution is -2.45. The van der Waals surface area contributed by atoms with Gasteiger partial charge in [-0.3, -0.25) is 4.79 Å². The number of aliphatic hydroxyl groups is 1. The van der Waals surface area contributed by atoms with Gasteiger partial charge in [-0.15, -0.1) is 0 Å². The summed E-state index contributed by atoms with van der Waals surface area (Å²) < 4.78 is 29.9. The van der Waals surface area contributed by atoms with Gasteiger partial charge in [0.2, 0.25) is 0 Å². The number of aromatic nitrogens is 3. The van der Waals surface area contributed by atoms with Gasteiger partial charge in [-0.2, -0.15) is 9.61 Å². The van der Waals surface area contributed by atoms with Gasteiger partial charge in [-0.25, -0.2) is 9.37 Å². The molecule has 2 N–H and O–H groups in total. The minimum absolute atomic E-state index is 0.144. The molecular formula is C39H53FN4O5. The molecule has 5 heterocycles. The Morgan fingerprint density at radius 1 is 1.00 bits per heavy atom. The highest BCUT2D eigenvalue weighted by Crippen LogP contribution is 2.38. The van der Waals surface area contributed by atoms with E-state index in [1.54, 1.807) is 38.3 Å². The van der Waals surface area contributed by atoms with Crippen LogP contribution in [0.2, 0.25) is 0 Å². The van der Waals surface area contributed by atoms with Crippen LogP contribution in [-0.2, 0) is 16.0 Å². The monoisotopic (exact) mass is 676 g/mol. The summed E-state index contributed by atoms with van der Waals surface area (Å²) in [6.45, 7) is 17.6. The Morgan fingerprint density at radius 3 is 2.33 bits per heavy atom. The van der Waals surface area contributed by atoms with Gasteiger partial charge in [0.1, 0.15) is 17.4 Å². The number of nitrogens with zero attached hydrogens (tertiary/aromatic N) is 4. The zero-order valence-corrected chi connectivity index (χ0v) is 30.4. The SMILES string of the molecule is CC.CC(C)(C)O.Cc1ccc2c(c1F)-c1cccc(c1)-c1cc3nc(C)c(CC(=O)O)c(n3n1)N1CCC(C)(CC1)OCCCCCO2. The first-order valence-electron chi connectivity index (χ1n) is 17.5. The number of anilines is 1. The van der Waals surface area contributed by atoms with Crippen LogP contribution < -0.4 is 9.64 Å². The maximum Gasteiger partial charge on any atom is 0.308 e. The molecule has 4 aromatic rings. The number of hydrogen-bond donors (Lipinski definition) is 2. The average Bonchev–Trinajstić information content (AvgIpc) is 3.46. The molecule has 3 aliphatic heterocycles. The van der Waals surface area contributed by atoms with Crippen LogP contribution in [0, 0.1) is 19.7 Å². The lowest BCUT2D eigenvalue weighted by Gasteiger charge is -2.41. The van der Waals surface area contributed by atoms with Crippen molar-refractivity contribution in [3.8, 4) is 28.1 Å². The summed E-state index contributed by atoms with van der Waals surface area (Å²) in [5.74, 6) is 0.0705. The number of ether oxygens (including phenoxy) is 2. The predicted octanol–water partition coefficient (Wildman–Crippen LogP) is 8.19. The molecule has 1 fully saturated rings. The molecule has 9 nitrogen and oxygen atoms in total. The number of aliphatic carboxylic acids is 1. The normalized spacial score (nSPS) is 16.1. The molecule has 1 saturated heterocycles. The van der Waals surface area contributed by atoms with Gasteiger partial charge < -0.3 is 24.6 Å². The van der Waals surface area contributed by atoms with Crippen LogP contribution in [-0.4, -0.2) is 68.3 Å². The Bertz CT molecular complexity index is 1730. The number of halogens is 1. The first-order valence-corrected chi connectivity index (χ1v) is 17.5. The van der Waals surface area contributed by atoms with Crippen molar-refractivity contribution in [2.75, 3.05) is 31.2 Å². The molecule has 7 rings (SSSR count). The van der Waals surface area contributed by atoms with Crippen LogP contribution >= 0.6 is 0 Å². The second-order valence-electron chi connectivity index (χ2n) is 13.9. The van der Waals surface area contributed by atoms with Crippen LogP contribution in [0.5, 0.6) is 5.75 Å². The maximum atomic E-state index is 15.6. The van der Waals surface area contributed by atoms with Crippen molar-refractivity contribution in [2.45, 2.75) is 105 Å². The third-order valence-electron chi connectivity index (χ3n) is 8.57. The van der Waals surface area contributed by atoms with Crippen molar-refractivity contribution in [1.29, 1.82) is 0 Å². The Morgan fingerprint density at radius 2 is 1.65 bits per heavy atom. The fourth-order valence-corrected chi connectivity index (χ4v) is 6.06. The number of aryl methyl sites for hydroxylation is 2. The minimum Gasteiger partial charge on any atom is -0.493 e. The van der Waals surface area contributed by atoms with E-state index in [9.17, 15) is 9.90 Å². The minimum atomic E-state index is -0.912. The van der Waals surface area contributed by atoms with Crippen LogP contribution in [0.25, 0.3) is 28.0 Å². The van der Waals surface area contributed by atoms with Gasteiger partial charge in [0, 0.05) is 42.6 Å². The van der Waals surface area contributed by atoms with E-state index in [1.807, 2.05) is 57.2 Å². The van der Waals surface area contributed by atoms with Crippen molar-refractivity contribution < 1.29 is 28.9 Å². The zero-order chi connectivity index (χ0) is 35.9. The number of carbonyl (C=O) groups is 1. The van der Waals surface area contributed by atoms with E-state index in [4.69, 9.17) is 24.7 Å². The van der Waals surface area contributed by atoms with Gasteiger partial charge in [0.15, 0.2) is 5.65 Å². The molecule has 6 bridgehead atoms. The second kappa shape index (κ2) is 16.1. The van der Waals surface area contributed by atoms with E-state index in [-0.39, 0.29) is 17.8 Å². The van der Waals surface area contributed by atoms with Crippen LogP contribution in [0.3, 0.4) is 0 Å². The lowest BCUT2D eigenvalue weighted by atomic mass is 9.92. The van der Waals surface area contributed by atoms with Crippen molar-refractivity contribution >= 4 is 17.4 Å². The van der Waals surface area contributed by atoms with E-state index in [1.165, 1.54) is 0 Å². The first kappa shape index (κ1) is 37.8. The Hall–Kier alpha value is -4.02. The maximum absolute atomic E-state index is 15.6. The van der Waals surface area contributed by atoms with Gasteiger partial charge >= 0.3 is 5.97 Å². The van der Waals surface area contributed by atoms with Gasteiger partial charge in [0.25, 0.3) is 0 Å². The molecule has 266 valence electrons. The number of benzene rings is 2. The molecule has 2 aromatic carbocycles. The topological polar surface area (TPSA) is 109 Å². The molecule has 0 unspecified atom stereocenters. The molecule has 2 aromatic heterocycles. The number of carboxylic acids is 1. The van der Waals surface area contributed by atoms with E-state index < -0.39 is 11.6 Å². The lowest BCUT2D eigenvalue weighted by molar-refractivity contribution is -0.136. The number of piperidine rings is 1. The largest absolute Gasteiger partial charge is 0.493 e. The first-order chi connectivity index (χ1) is 23.2. The third kappa shape index (κ3) is 9.57. The predicted molar refractivity (Wildman–Crippen MR) is 193 cm³/mol. The highest BCUT2D eigenvalue weighted by Gasteiger charge is 2.33. The molecule has 0 saturated carbocycles. The van der Waals surface area contributed by atoms with Crippen molar-refractivity contribution in [2.24, 2.45) is 0 Å². The summed E-state index contributed by atoms with van der Waals surface area (Å²) in [5, 5.41) is 23.2. The molecule has 0 radical (unpaired) electrons. The number of hydrogen-bond acceptors (Lipinski definition) is 7. The zero-order valence-electron chi connectivity index (χ0n) is 30.4. The van der Waals surface area contributed by atoms with Gasteiger partial charge in [-0.05, 0) is 96.9 Å². The van der Waals surface area contributed by atoms with Crippen LogP contribution in [0.1, 0.15) is 90.5 Å². The molecule has 0 spiro atoms. The summed E-state index contributed by atoms with van der Waals surface area (Å²) in [6.07, 6.45) is 4.22. The Kier molecular flexibility index (Phi) is 12.4. The Labute approximate surface area is 290 Å². The van der Waals surface area contributed by atoms with Crippen molar-refractivity contribution in [3.63, 3.8) is 0 Å². The van der Waals surface area contributed by atoms with E-state index in [0.717, 1.165) is 56.6 Å². The average molecular weight is 677 g/mol. The summed E-state index contributed by atoms with van der Waals surface area (Å²) in [5.41, 5.74) is 4.40. The standard InChI is InChI=1S/C33H37FN4O4.C4H10O.C2H6/c1-21-10-11-27-30(31(21)34)24-9-7-8-23(18-24)26-20-28-35-22(2)25(19-29(39)40)32(38(28)36-26)37-14-12-33(3,13-15-37)42-17-6-4-5-16-41-27;1-4(2,3)5;1-2/h7-11,18,20H,4-6,12-17,19H2,1-3H3,(H,39,40);5H,1-3H3;1-2H3. The highest BCUT2D eigenvalue weighted by atomic mass is 19.1.